The Hall–Kier alpha value is -0.630. The Morgan fingerprint density at radius 1 is 1.56 bits per heavy atom. The van der Waals surface area contributed by atoms with Crippen LogP contribution in [-0.2, 0) is 4.79 Å². The van der Waals surface area contributed by atoms with Gasteiger partial charge in [0, 0.05) is 3.57 Å². The van der Waals surface area contributed by atoms with Crippen molar-refractivity contribution in [3.8, 4) is 0 Å². The van der Waals surface area contributed by atoms with Crippen LogP contribution in [0.25, 0.3) is 0 Å². The smallest absolute Gasteiger partial charge is 0.326 e. The Bertz CT molecular complexity index is 458. The van der Waals surface area contributed by atoms with Crippen LogP contribution in [0.1, 0.15) is 35.5 Å². The molecule has 1 rings (SSSR count). The number of rotatable bonds is 5. The summed E-state index contributed by atoms with van der Waals surface area (Å²) < 4.78 is 0.892. The van der Waals surface area contributed by atoms with Crippen molar-refractivity contribution in [3.63, 3.8) is 0 Å². The zero-order valence-corrected chi connectivity index (χ0v) is 13.5. The molecule has 0 fully saturated rings. The number of amides is 1. The van der Waals surface area contributed by atoms with E-state index in [1.54, 1.807) is 0 Å². The molecule has 0 saturated heterocycles. The normalized spacial score (nSPS) is 14.0. The minimum Gasteiger partial charge on any atom is -0.480 e. The van der Waals surface area contributed by atoms with Crippen LogP contribution in [-0.4, -0.2) is 23.0 Å². The van der Waals surface area contributed by atoms with Gasteiger partial charge in [0.25, 0.3) is 5.91 Å². The van der Waals surface area contributed by atoms with Crippen molar-refractivity contribution in [1.82, 2.24) is 5.32 Å². The van der Waals surface area contributed by atoms with Crippen molar-refractivity contribution in [2.75, 3.05) is 0 Å². The maximum absolute atomic E-state index is 12.0. The molecular formula is C12H16INO3S. The summed E-state index contributed by atoms with van der Waals surface area (Å²) in [7, 11) is 0. The van der Waals surface area contributed by atoms with Gasteiger partial charge in [-0.1, -0.05) is 20.3 Å². The highest BCUT2D eigenvalue weighted by atomic mass is 127. The lowest BCUT2D eigenvalue weighted by Crippen LogP contribution is -2.44. The van der Waals surface area contributed by atoms with E-state index in [1.165, 1.54) is 11.3 Å². The van der Waals surface area contributed by atoms with Gasteiger partial charge in [-0.25, -0.2) is 4.79 Å². The monoisotopic (exact) mass is 381 g/mol. The first-order valence-corrected chi connectivity index (χ1v) is 7.61. The van der Waals surface area contributed by atoms with Crippen molar-refractivity contribution >= 4 is 45.8 Å². The molecule has 0 radical (unpaired) electrons. The molecule has 0 aliphatic heterocycles. The van der Waals surface area contributed by atoms with Crippen molar-refractivity contribution < 1.29 is 14.7 Å². The minimum atomic E-state index is -0.985. The average Bonchev–Trinajstić information content (AvgIpc) is 2.65. The summed E-state index contributed by atoms with van der Waals surface area (Å²) in [6, 6.07) is -0.833. The molecule has 0 unspecified atom stereocenters. The SMILES string of the molecule is CC[C@H](C)[C@H](NC(=O)c1scc(C)c1I)C(=O)O. The van der Waals surface area contributed by atoms with Crippen molar-refractivity contribution in [2.24, 2.45) is 5.92 Å². The first-order valence-electron chi connectivity index (χ1n) is 5.65. The van der Waals surface area contributed by atoms with E-state index in [0.717, 1.165) is 9.13 Å². The lowest BCUT2D eigenvalue weighted by atomic mass is 9.99. The van der Waals surface area contributed by atoms with E-state index in [1.807, 2.05) is 26.2 Å². The van der Waals surface area contributed by atoms with Crippen LogP contribution in [0.4, 0.5) is 0 Å². The number of hydrogen-bond donors (Lipinski definition) is 2. The highest BCUT2D eigenvalue weighted by molar-refractivity contribution is 14.1. The summed E-state index contributed by atoms with van der Waals surface area (Å²) in [5.74, 6) is -1.38. The second kappa shape index (κ2) is 6.51. The third-order valence-electron chi connectivity index (χ3n) is 2.87. The molecule has 1 heterocycles. The quantitative estimate of drug-likeness (QED) is 0.771. The Balaban J connectivity index is 2.85. The Labute approximate surface area is 124 Å². The minimum absolute atomic E-state index is 0.0924. The van der Waals surface area contributed by atoms with E-state index in [2.05, 4.69) is 27.9 Å². The number of thiophene rings is 1. The van der Waals surface area contributed by atoms with E-state index in [9.17, 15) is 9.59 Å². The van der Waals surface area contributed by atoms with Crippen LogP contribution in [0.2, 0.25) is 0 Å². The Morgan fingerprint density at radius 2 is 2.17 bits per heavy atom. The standard InChI is InChI=1S/C12H16INO3S/c1-4-6(2)9(12(16)17)14-11(15)10-8(13)7(3)5-18-10/h5-6,9H,4H2,1-3H3,(H,14,15)(H,16,17)/t6-,9-/m0/s1. The molecule has 0 aliphatic rings. The number of carbonyl (C=O) groups excluding carboxylic acids is 1. The van der Waals surface area contributed by atoms with Gasteiger partial charge in [0.1, 0.15) is 10.9 Å². The molecule has 4 nitrogen and oxygen atoms in total. The van der Waals surface area contributed by atoms with E-state index < -0.39 is 12.0 Å². The summed E-state index contributed by atoms with van der Waals surface area (Å²) in [6.07, 6.45) is 0.706. The fourth-order valence-corrected chi connectivity index (χ4v) is 3.31. The number of nitrogens with one attached hydrogen (secondary N) is 1. The van der Waals surface area contributed by atoms with E-state index >= 15 is 0 Å². The molecule has 0 spiro atoms. The number of carboxylic acid groups (broad SMARTS) is 1. The zero-order chi connectivity index (χ0) is 13.9. The predicted octanol–water partition coefficient (Wildman–Crippen LogP) is 2.89. The first kappa shape index (κ1) is 15.4. The van der Waals surface area contributed by atoms with Gasteiger partial charge < -0.3 is 10.4 Å². The summed E-state index contributed by atoms with van der Waals surface area (Å²) in [5, 5.41) is 13.6. The molecule has 2 N–H and O–H groups in total. The van der Waals surface area contributed by atoms with Crippen molar-refractivity contribution in [3.05, 3.63) is 19.4 Å². The summed E-state index contributed by atoms with van der Waals surface area (Å²) in [6.45, 7) is 5.66. The number of aryl methyl sites for hydroxylation is 1. The zero-order valence-electron chi connectivity index (χ0n) is 10.5. The molecule has 1 aromatic heterocycles. The molecule has 1 amide bonds. The summed E-state index contributed by atoms with van der Waals surface area (Å²) >= 11 is 3.45. The second-order valence-corrected chi connectivity index (χ2v) is 6.20. The molecule has 2 atom stereocenters. The Kier molecular flexibility index (Phi) is 5.58. The van der Waals surface area contributed by atoms with E-state index in [-0.39, 0.29) is 11.8 Å². The van der Waals surface area contributed by atoms with Gasteiger partial charge in [0.15, 0.2) is 0 Å². The molecule has 0 saturated carbocycles. The molecule has 100 valence electrons. The van der Waals surface area contributed by atoms with Crippen LogP contribution < -0.4 is 5.32 Å². The summed E-state index contributed by atoms with van der Waals surface area (Å²) in [4.78, 5) is 23.8. The lowest BCUT2D eigenvalue weighted by Gasteiger charge is -2.19. The number of aliphatic carboxylic acids is 1. The van der Waals surface area contributed by atoms with E-state index in [4.69, 9.17) is 5.11 Å². The average molecular weight is 381 g/mol. The molecule has 6 heteroatoms. The summed E-state index contributed by atoms with van der Waals surface area (Å²) in [5.41, 5.74) is 1.04. The number of carboxylic acids is 1. The van der Waals surface area contributed by atoms with Gasteiger partial charge in [0.2, 0.25) is 0 Å². The topological polar surface area (TPSA) is 66.4 Å². The largest absolute Gasteiger partial charge is 0.480 e. The molecule has 0 bridgehead atoms. The Morgan fingerprint density at radius 3 is 2.56 bits per heavy atom. The molecule has 1 aromatic rings. The first-order chi connectivity index (χ1) is 8.38. The molecule has 0 aliphatic carbocycles. The molecule has 18 heavy (non-hydrogen) atoms. The molecule has 0 aromatic carbocycles. The number of carbonyl (C=O) groups is 2. The van der Waals surface area contributed by atoms with Crippen LogP contribution in [0.15, 0.2) is 5.38 Å². The maximum Gasteiger partial charge on any atom is 0.326 e. The van der Waals surface area contributed by atoms with E-state index in [0.29, 0.717) is 11.3 Å². The van der Waals surface area contributed by atoms with Crippen LogP contribution in [0, 0.1) is 16.4 Å². The maximum atomic E-state index is 12.0. The van der Waals surface area contributed by atoms with Gasteiger partial charge in [-0.2, -0.15) is 0 Å². The van der Waals surface area contributed by atoms with Crippen LogP contribution >= 0.6 is 33.9 Å². The highest BCUT2D eigenvalue weighted by Crippen LogP contribution is 2.24. The molecular weight excluding hydrogens is 365 g/mol. The van der Waals surface area contributed by atoms with Crippen molar-refractivity contribution in [2.45, 2.75) is 33.2 Å². The van der Waals surface area contributed by atoms with Crippen LogP contribution in [0.5, 0.6) is 0 Å². The fraction of sp³-hybridized carbons (Fsp3) is 0.500. The third-order valence-corrected chi connectivity index (χ3v) is 5.72. The predicted molar refractivity (Wildman–Crippen MR) is 80.1 cm³/mol. The van der Waals surface area contributed by atoms with Crippen molar-refractivity contribution in [1.29, 1.82) is 0 Å². The third kappa shape index (κ3) is 3.44. The van der Waals surface area contributed by atoms with Gasteiger partial charge >= 0.3 is 5.97 Å². The highest BCUT2D eigenvalue weighted by Gasteiger charge is 2.27. The number of hydrogen-bond acceptors (Lipinski definition) is 3. The second-order valence-electron chi connectivity index (χ2n) is 4.24. The van der Waals surface area contributed by atoms with Gasteiger partial charge in [-0.3, -0.25) is 4.79 Å². The van der Waals surface area contributed by atoms with Crippen LogP contribution in [0.3, 0.4) is 0 Å². The van der Waals surface area contributed by atoms with Gasteiger partial charge in [0.05, 0.1) is 0 Å². The van der Waals surface area contributed by atoms with Gasteiger partial charge in [-0.05, 0) is 46.4 Å². The fourth-order valence-electron chi connectivity index (χ4n) is 1.47. The van der Waals surface area contributed by atoms with Gasteiger partial charge in [-0.15, -0.1) is 11.3 Å². The number of halogens is 1. The lowest BCUT2D eigenvalue weighted by molar-refractivity contribution is -0.140.